The Balaban J connectivity index is 2.78. The topological polar surface area (TPSA) is 15.3 Å². The lowest BCUT2D eigenvalue weighted by Crippen LogP contribution is -2.30. The van der Waals surface area contributed by atoms with Crippen molar-refractivity contribution in [2.24, 2.45) is 0 Å². The van der Waals surface area contributed by atoms with E-state index in [1.807, 2.05) is 0 Å². The zero-order chi connectivity index (χ0) is 13.5. The van der Waals surface area contributed by atoms with Gasteiger partial charge < -0.3 is 10.2 Å². The van der Waals surface area contributed by atoms with Crippen molar-refractivity contribution in [1.82, 2.24) is 5.32 Å². The second-order valence-electron chi connectivity index (χ2n) is 5.18. The molecule has 2 heteroatoms. The zero-order valence-electron chi connectivity index (χ0n) is 12.6. The largest absolute Gasteiger partial charge is 0.369 e. The Morgan fingerprint density at radius 1 is 1.22 bits per heavy atom. The van der Waals surface area contributed by atoms with Crippen LogP contribution in [-0.2, 0) is 6.54 Å². The highest BCUT2D eigenvalue weighted by Crippen LogP contribution is 2.23. The summed E-state index contributed by atoms with van der Waals surface area (Å²) in [6.45, 7) is 14.3. The van der Waals surface area contributed by atoms with Crippen molar-refractivity contribution in [3.63, 3.8) is 0 Å². The van der Waals surface area contributed by atoms with Gasteiger partial charge in [-0.3, -0.25) is 0 Å². The van der Waals surface area contributed by atoms with Crippen LogP contribution in [0.4, 0.5) is 5.69 Å². The van der Waals surface area contributed by atoms with Crippen LogP contribution >= 0.6 is 0 Å². The van der Waals surface area contributed by atoms with Gasteiger partial charge in [0, 0.05) is 24.8 Å². The summed E-state index contributed by atoms with van der Waals surface area (Å²) in [5.74, 6) is 0. The number of aryl methyl sites for hydroxylation is 1. The SMILES string of the molecule is CCCNCc1ccc(N(CC)C(C)C)c(C)c1. The second-order valence-corrected chi connectivity index (χ2v) is 5.18. The van der Waals surface area contributed by atoms with Crippen LogP contribution in [0.1, 0.15) is 45.2 Å². The van der Waals surface area contributed by atoms with E-state index in [1.54, 1.807) is 0 Å². The minimum Gasteiger partial charge on any atom is -0.369 e. The Kier molecular flexibility index (Phi) is 6.20. The van der Waals surface area contributed by atoms with E-state index >= 15 is 0 Å². The molecule has 0 aliphatic heterocycles. The summed E-state index contributed by atoms with van der Waals surface area (Å²) in [4.78, 5) is 2.44. The lowest BCUT2D eigenvalue weighted by atomic mass is 10.1. The number of nitrogens with one attached hydrogen (secondary N) is 1. The molecular formula is C16H28N2. The predicted octanol–water partition coefficient (Wildman–Crippen LogP) is 3.73. The maximum Gasteiger partial charge on any atom is 0.0398 e. The molecule has 0 aromatic heterocycles. The number of hydrogen-bond donors (Lipinski definition) is 1. The molecular weight excluding hydrogens is 220 g/mol. The highest BCUT2D eigenvalue weighted by atomic mass is 15.1. The van der Waals surface area contributed by atoms with Crippen LogP contribution in [0.2, 0.25) is 0 Å². The van der Waals surface area contributed by atoms with Crippen LogP contribution in [-0.4, -0.2) is 19.1 Å². The maximum absolute atomic E-state index is 3.45. The first-order valence-electron chi connectivity index (χ1n) is 7.17. The average molecular weight is 248 g/mol. The fourth-order valence-electron chi connectivity index (χ4n) is 2.37. The van der Waals surface area contributed by atoms with E-state index in [0.717, 1.165) is 19.6 Å². The van der Waals surface area contributed by atoms with Crippen molar-refractivity contribution in [3.8, 4) is 0 Å². The van der Waals surface area contributed by atoms with Gasteiger partial charge in [0.15, 0.2) is 0 Å². The van der Waals surface area contributed by atoms with Crippen molar-refractivity contribution < 1.29 is 0 Å². The molecule has 0 amide bonds. The molecule has 2 nitrogen and oxygen atoms in total. The van der Waals surface area contributed by atoms with Gasteiger partial charge in [0.05, 0.1) is 0 Å². The van der Waals surface area contributed by atoms with Crippen LogP contribution in [0.15, 0.2) is 18.2 Å². The summed E-state index contributed by atoms with van der Waals surface area (Å²) < 4.78 is 0. The first-order valence-corrected chi connectivity index (χ1v) is 7.17. The highest BCUT2D eigenvalue weighted by molar-refractivity contribution is 5.55. The minimum atomic E-state index is 0.553. The fourth-order valence-corrected chi connectivity index (χ4v) is 2.37. The van der Waals surface area contributed by atoms with Crippen LogP contribution in [0.25, 0.3) is 0 Å². The molecule has 0 saturated carbocycles. The summed E-state index contributed by atoms with van der Waals surface area (Å²) >= 11 is 0. The molecule has 0 saturated heterocycles. The van der Waals surface area contributed by atoms with Gasteiger partial charge in [0.2, 0.25) is 0 Å². The maximum atomic E-state index is 3.45. The highest BCUT2D eigenvalue weighted by Gasteiger charge is 2.10. The molecule has 0 spiro atoms. The van der Waals surface area contributed by atoms with Gasteiger partial charge in [-0.05, 0) is 57.9 Å². The molecule has 1 N–H and O–H groups in total. The monoisotopic (exact) mass is 248 g/mol. The zero-order valence-corrected chi connectivity index (χ0v) is 12.6. The minimum absolute atomic E-state index is 0.553. The second kappa shape index (κ2) is 7.42. The molecule has 18 heavy (non-hydrogen) atoms. The van der Waals surface area contributed by atoms with Crippen molar-refractivity contribution in [3.05, 3.63) is 29.3 Å². The Morgan fingerprint density at radius 3 is 2.44 bits per heavy atom. The van der Waals surface area contributed by atoms with Gasteiger partial charge >= 0.3 is 0 Å². The standard InChI is InChI=1S/C16H28N2/c1-6-10-17-12-15-8-9-16(14(5)11-15)18(7-2)13(3)4/h8-9,11,13,17H,6-7,10,12H2,1-5H3. The van der Waals surface area contributed by atoms with E-state index in [-0.39, 0.29) is 0 Å². The van der Waals surface area contributed by atoms with Crippen LogP contribution in [0.5, 0.6) is 0 Å². The third-order valence-electron chi connectivity index (χ3n) is 3.29. The first-order chi connectivity index (χ1) is 8.60. The molecule has 0 aliphatic rings. The lowest BCUT2D eigenvalue weighted by molar-refractivity contribution is 0.674. The molecule has 0 aliphatic carbocycles. The Hall–Kier alpha value is -1.02. The van der Waals surface area contributed by atoms with Gasteiger partial charge in [0.25, 0.3) is 0 Å². The summed E-state index contributed by atoms with van der Waals surface area (Å²) in [6.07, 6.45) is 1.19. The van der Waals surface area contributed by atoms with E-state index < -0.39 is 0 Å². The first kappa shape index (κ1) is 15.0. The van der Waals surface area contributed by atoms with Gasteiger partial charge in [0.1, 0.15) is 0 Å². The van der Waals surface area contributed by atoms with Crippen molar-refractivity contribution in [1.29, 1.82) is 0 Å². The fraction of sp³-hybridized carbons (Fsp3) is 0.625. The third-order valence-corrected chi connectivity index (χ3v) is 3.29. The summed E-state index contributed by atoms with van der Waals surface area (Å²) in [5.41, 5.74) is 4.12. The molecule has 0 radical (unpaired) electrons. The number of hydrogen-bond acceptors (Lipinski definition) is 2. The van der Waals surface area contributed by atoms with Crippen LogP contribution in [0, 0.1) is 6.92 Å². The number of rotatable bonds is 7. The summed E-state index contributed by atoms with van der Waals surface area (Å²) in [7, 11) is 0. The molecule has 0 bridgehead atoms. The Labute approximate surface area is 112 Å². The molecule has 1 rings (SSSR count). The number of anilines is 1. The van der Waals surface area contributed by atoms with Gasteiger partial charge in [-0.25, -0.2) is 0 Å². The smallest absolute Gasteiger partial charge is 0.0398 e. The van der Waals surface area contributed by atoms with Gasteiger partial charge in [-0.2, -0.15) is 0 Å². The summed E-state index contributed by atoms with van der Waals surface area (Å²) in [5, 5.41) is 3.45. The van der Waals surface area contributed by atoms with Crippen molar-refractivity contribution >= 4 is 5.69 Å². The average Bonchev–Trinajstić information content (AvgIpc) is 2.32. The number of benzene rings is 1. The molecule has 0 unspecified atom stereocenters. The Morgan fingerprint density at radius 2 is 1.94 bits per heavy atom. The van der Waals surface area contributed by atoms with Crippen molar-refractivity contribution in [2.45, 2.75) is 53.6 Å². The molecule has 0 heterocycles. The lowest BCUT2D eigenvalue weighted by Gasteiger charge is -2.29. The molecule has 1 aromatic rings. The Bertz CT molecular complexity index is 358. The number of nitrogens with zero attached hydrogens (tertiary/aromatic N) is 1. The quantitative estimate of drug-likeness (QED) is 0.740. The van der Waals surface area contributed by atoms with E-state index in [4.69, 9.17) is 0 Å². The molecule has 102 valence electrons. The van der Waals surface area contributed by atoms with Crippen molar-refractivity contribution in [2.75, 3.05) is 18.0 Å². The predicted molar refractivity (Wildman–Crippen MR) is 81.3 cm³/mol. The van der Waals surface area contributed by atoms with E-state index in [0.29, 0.717) is 6.04 Å². The molecule has 0 atom stereocenters. The normalized spacial score (nSPS) is 11.0. The summed E-state index contributed by atoms with van der Waals surface area (Å²) in [6, 6.07) is 7.37. The van der Waals surface area contributed by atoms with Gasteiger partial charge in [-0.15, -0.1) is 0 Å². The van der Waals surface area contributed by atoms with Crippen LogP contribution in [0.3, 0.4) is 0 Å². The van der Waals surface area contributed by atoms with E-state index in [2.05, 4.69) is 63.0 Å². The van der Waals surface area contributed by atoms with Gasteiger partial charge in [-0.1, -0.05) is 19.1 Å². The van der Waals surface area contributed by atoms with Crippen LogP contribution < -0.4 is 10.2 Å². The molecule has 0 fully saturated rings. The molecule has 1 aromatic carbocycles. The third kappa shape index (κ3) is 4.02. The van der Waals surface area contributed by atoms with E-state index in [1.165, 1.54) is 23.2 Å². The van der Waals surface area contributed by atoms with E-state index in [9.17, 15) is 0 Å².